The zero-order chi connectivity index (χ0) is 46.4. The lowest BCUT2D eigenvalue weighted by Crippen LogP contribution is -2.38. The molecule has 15 nitrogen and oxygen atoms in total. The van der Waals surface area contributed by atoms with Crippen LogP contribution in [0, 0.1) is 19.1 Å². The molecule has 5 unspecified atom stereocenters. The van der Waals surface area contributed by atoms with E-state index in [1.165, 1.54) is 71.3 Å². The third-order valence-corrected chi connectivity index (χ3v) is 15.7. The molecule has 63 heavy (non-hydrogen) atoms. The molecule has 2 aliphatic heterocycles. The second kappa shape index (κ2) is 34.1. The molecule has 0 aromatic rings. The minimum Gasteiger partial charge on any atom is -0.469 e. The van der Waals surface area contributed by atoms with Gasteiger partial charge in [0.25, 0.3) is 6.64 Å². The maximum Gasteiger partial charge on any atom is 0.327 e. The molecule has 354 valence electrons. The summed E-state index contributed by atoms with van der Waals surface area (Å²) in [4.78, 5) is 44.2. The monoisotopic (exact) mass is 957 g/mol. The van der Waals surface area contributed by atoms with Crippen LogP contribution in [0.3, 0.4) is 0 Å². The van der Waals surface area contributed by atoms with Crippen LogP contribution >= 0.6 is 13.4 Å². The van der Waals surface area contributed by atoms with Crippen LogP contribution in [0.4, 0.5) is 0 Å². The molecule has 0 saturated carbocycles. The summed E-state index contributed by atoms with van der Waals surface area (Å²) in [5, 5.41) is 3.27. The molecular formula is C42H71B2N3O12P2S2. The highest BCUT2D eigenvalue weighted by Crippen LogP contribution is 2.51. The smallest absolute Gasteiger partial charge is 0.327 e. The highest BCUT2D eigenvalue weighted by atomic mass is 32.5. The summed E-state index contributed by atoms with van der Waals surface area (Å²) in [5.74, 6) is -1.05. The van der Waals surface area contributed by atoms with E-state index in [0.29, 0.717) is 19.3 Å². The van der Waals surface area contributed by atoms with Gasteiger partial charge in [0.2, 0.25) is 13.1 Å². The molecule has 2 aliphatic rings. The molecule has 9 atom stereocenters. The average molecular weight is 958 g/mol. The molecule has 2 saturated heterocycles. The Balaban J connectivity index is 2.01. The van der Waals surface area contributed by atoms with Gasteiger partial charge in [-0.05, 0) is 55.2 Å². The molecule has 2 heterocycles. The minimum absolute atomic E-state index is 0.0177. The van der Waals surface area contributed by atoms with Crippen molar-refractivity contribution in [1.82, 2.24) is 5.09 Å². The summed E-state index contributed by atoms with van der Waals surface area (Å²) >= 11 is 11.7. The third kappa shape index (κ3) is 26.6. The fraction of sp³-hybridized carbons (Fsp3) is 0.881. The van der Waals surface area contributed by atoms with Gasteiger partial charge in [-0.2, -0.15) is 0 Å². The molecule has 21 heteroatoms. The number of carbonyl (C=O) groups excluding carboxylic acids is 3. The minimum atomic E-state index is -3.64. The van der Waals surface area contributed by atoms with Crippen molar-refractivity contribution >= 4 is 70.4 Å². The molecule has 0 bridgehead atoms. The van der Waals surface area contributed by atoms with Gasteiger partial charge in [0.1, 0.15) is 40.8 Å². The van der Waals surface area contributed by atoms with Gasteiger partial charge < -0.3 is 51.3 Å². The van der Waals surface area contributed by atoms with Crippen molar-refractivity contribution in [2.45, 2.75) is 179 Å². The van der Waals surface area contributed by atoms with Crippen molar-refractivity contribution in [2.75, 3.05) is 53.2 Å². The van der Waals surface area contributed by atoms with Crippen LogP contribution < -0.4 is 5.09 Å². The Morgan fingerprint density at radius 3 is 1.87 bits per heavy atom. The molecular weight excluding hydrogens is 886 g/mol. The van der Waals surface area contributed by atoms with Gasteiger partial charge in [0.15, 0.2) is 0 Å². The molecule has 0 aromatic carbocycles. The molecule has 2 rings (SSSR count). The molecule has 0 spiro atoms. The number of ether oxygens (including phenoxy) is 4. The average Bonchev–Trinajstić information content (AvgIpc) is 3.78. The van der Waals surface area contributed by atoms with Crippen LogP contribution in [0.25, 0.3) is 9.69 Å². The van der Waals surface area contributed by atoms with E-state index in [2.05, 4.69) is 26.4 Å². The predicted molar refractivity (Wildman–Crippen MR) is 251 cm³/mol. The number of hydrogen-bond acceptors (Lipinski definition) is 14. The zero-order valence-corrected chi connectivity index (χ0v) is 41.2. The topological polar surface area (TPSA) is 155 Å². The van der Waals surface area contributed by atoms with Crippen molar-refractivity contribution in [3.63, 3.8) is 0 Å². The van der Waals surface area contributed by atoms with E-state index in [0.717, 1.165) is 19.3 Å². The normalized spacial score (nSPS) is 23.3. The number of esters is 2. The Morgan fingerprint density at radius 1 is 0.730 bits per heavy atom. The fourth-order valence-corrected chi connectivity index (χ4v) is 11.2. The number of carbonyl (C=O) groups is 3. The third-order valence-electron chi connectivity index (χ3n) is 10.7. The van der Waals surface area contributed by atoms with Gasteiger partial charge in [-0.25, -0.2) is 18.2 Å². The number of nitrogens with zero attached hydrogens (tertiary/aromatic N) is 2. The molecule has 0 amide bonds. The van der Waals surface area contributed by atoms with Crippen LogP contribution in [-0.2, 0) is 79.6 Å². The first-order valence-electron chi connectivity index (χ1n) is 22.7. The van der Waals surface area contributed by atoms with Gasteiger partial charge in [-0.1, -0.05) is 90.9 Å². The zero-order valence-electron chi connectivity index (χ0n) is 37.8. The summed E-state index contributed by atoms with van der Waals surface area (Å²) < 4.78 is 52.3. The lowest BCUT2D eigenvalue weighted by molar-refractivity contribution is -0.154. The van der Waals surface area contributed by atoms with Gasteiger partial charge >= 0.3 is 18.7 Å². The van der Waals surface area contributed by atoms with Crippen molar-refractivity contribution in [2.24, 2.45) is 5.92 Å². The summed E-state index contributed by atoms with van der Waals surface area (Å²) in [7, 11) is 13.4. The highest BCUT2D eigenvalue weighted by Gasteiger charge is 2.40. The Kier molecular flexibility index (Phi) is 31.3. The van der Waals surface area contributed by atoms with Gasteiger partial charge in [-0.15, -0.1) is 0 Å². The maximum absolute atomic E-state index is 13.0. The number of ketones is 1. The van der Waals surface area contributed by atoms with Gasteiger partial charge in [0, 0.05) is 30.9 Å². The molecule has 2 fully saturated rings. The van der Waals surface area contributed by atoms with Crippen molar-refractivity contribution in [3.8, 4) is 0 Å². The lowest BCUT2D eigenvalue weighted by atomic mass is 9.92. The second-order valence-electron chi connectivity index (χ2n) is 16.1. The molecule has 1 N–H and O–H groups in total. The Bertz CT molecular complexity index is 1510. The highest BCUT2D eigenvalue weighted by molar-refractivity contribution is 8.09. The van der Waals surface area contributed by atoms with E-state index < -0.39 is 55.6 Å². The fourth-order valence-electron chi connectivity index (χ4n) is 7.06. The van der Waals surface area contributed by atoms with E-state index >= 15 is 0 Å². The molecule has 4 radical (unpaired) electrons. The van der Waals surface area contributed by atoms with Crippen LogP contribution in [0.2, 0.25) is 0 Å². The maximum atomic E-state index is 13.0. The standard InChI is InChI=1S/C42H71B2N3O12P2S2/c1-6-7-8-9-10-11-12-13-14-15-16-17-18-19-34(48)20-21-35(57-42(50)23-22-41(49)51-5)30-55-61(63,53-27-25-46-4)56-32-38-36(29-40(44)59-38)47-60(62,52-26-24-45-3)54-31-37-33(2)28-39(43)58-37/h33,35-40H,6-32H2,1-2,5H3,(H,47,62)/t33?,35?,36?,37-,38-,39-,40-,60?,61?/m1/s1. The number of Topliss-reactive ketones (excluding diaryl/α,β-unsaturated/α-hetero) is 1. The predicted octanol–water partition coefficient (Wildman–Crippen LogP) is 8.21. The molecule has 0 aliphatic carbocycles. The van der Waals surface area contributed by atoms with E-state index in [-0.39, 0.29) is 89.6 Å². The number of methoxy groups -OCH3 is 1. The lowest BCUT2D eigenvalue weighted by Gasteiger charge is -2.30. The van der Waals surface area contributed by atoms with E-state index in [1.807, 2.05) is 6.92 Å². The summed E-state index contributed by atoms with van der Waals surface area (Å²) in [6, 6.07) is -1.63. The van der Waals surface area contributed by atoms with Crippen molar-refractivity contribution in [3.05, 3.63) is 22.8 Å². The van der Waals surface area contributed by atoms with Crippen LogP contribution in [-0.4, -0.2) is 123 Å². The first-order chi connectivity index (χ1) is 30.2. The quantitative estimate of drug-likeness (QED) is 0.0208. The Hall–Kier alpha value is -1.30. The van der Waals surface area contributed by atoms with Crippen LogP contribution in [0.15, 0.2) is 0 Å². The summed E-state index contributed by atoms with van der Waals surface area (Å²) in [6.45, 7) is 11.5. The number of rotatable bonds is 38. The SMILES string of the molecule is [B][C@H]1CC(C)[C@@H](COP(=S)(NC2C[C@H]([B])O[C@@H]2COP(=S)(OCC[N+]#[C-])OCC(CCC(=O)CCCCCCCCCCCCCCC)OC(=O)CCC(=O)OC)OCC[N+]#[C-])O1. The van der Waals surface area contributed by atoms with E-state index in [4.69, 9.17) is 89.3 Å². The van der Waals surface area contributed by atoms with E-state index in [9.17, 15) is 14.4 Å². The number of unbranched alkanes of at least 4 members (excludes halogenated alkanes) is 12. The van der Waals surface area contributed by atoms with Crippen molar-refractivity contribution in [1.29, 1.82) is 0 Å². The number of hydrogen-bond donors (Lipinski definition) is 1. The van der Waals surface area contributed by atoms with Gasteiger partial charge in [0.05, 0.1) is 52.0 Å². The second-order valence-corrected chi connectivity index (χ2v) is 22.4. The summed E-state index contributed by atoms with van der Waals surface area (Å²) in [6.07, 6.45) is 15.1. The first-order valence-corrected chi connectivity index (χ1v) is 27.9. The Morgan fingerprint density at radius 2 is 1.29 bits per heavy atom. The largest absolute Gasteiger partial charge is 0.469 e. The first kappa shape index (κ1) is 57.8. The summed E-state index contributed by atoms with van der Waals surface area (Å²) in [5.41, 5.74) is 0. The van der Waals surface area contributed by atoms with Crippen LogP contribution in [0.1, 0.15) is 142 Å². The van der Waals surface area contributed by atoms with Crippen LogP contribution in [0.5, 0.6) is 0 Å². The Labute approximate surface area is 390 Å². The van der Waals surface area contributed by atoms with E-state index in [1.54, 1.807) is 0 Å². The molecule has 0 aromatic heterocycles. The van der Waals surface area contributed by atoms with Crippen molar-refractivity contribution < 1.29 is 55.9 Å². The van der Waals surface area contributed by atoms with Gasteiger partial charge in [-0.3, -0.25) is 14.4 Å². The number of nitrogens with one attached hydrogen (secondary N) is 1.